The van der Waals surface area contributed by atoms with Crippen LogP contribution < -0.4 is 10.6 Å². The van der Waals surface area contributed by atoms with E-state index in [9.17, 15) is 14.3 Å². The number of rotatable bonds is 5. The largest absolute Gasteiger partial charge is 0.506 e. The van der Waals surface area contributed by atoms with Crippen molar-refractivity contribution in [3.63, 3.8) is 0 Å². The second-order valence-corrected chi connectivity index (χ2v) is 4.68. The van der Waals surface area contributed by atoms with Crippen molar-refractivity contribution in [1.29, 1.82) is 0 Å². The summed E-state index contributed by atoms with van der Waals surface area (Å²) >= 11 is 11.7. The minimum Gasteiger partial charge on any atom is -0.506 e. The van der Waals surface area contributed by atoms with E-state index in [1.165, 1.54) is 6.07 Å². The zero-order valence-corrected chi connectivity index (χ0v) is 12.6. The molecule has 4 nitrogen and oxygen atoms in total. The summed E-state index contributed by atoms with van der Waals surface area (Å²) in [7, 11) is 0. The van der Waals surface area contributed by atoms with Crippen molar-refractivity contribution < 1.29 is 14.3 Å². The highest BCUT2D eigenvalue weighted by Gasteiger charge is 2.21. The molecule has 0 aromatic heterocycles. The lowest BCUT2D eigenvalue weighted by molar-refractivity contribution is -0.115. The highest BCUT2D eigenvalue weighted by atomic mass is 35.5. The van der Waals surface area contributed by atoms with Crippen LogP contribution in [-0.2, 0) is 4.79 Å². The van der Waals surface area contributed by atoms with Gasteiger partial charge in [0.05, 0.1) is 10.0 Å². The van der Waals surface area contributed by atoms with Crippen molar-refractivity contribution in [2.24, 2.45) is 0 Å². The number of phenolic OH excluding ortho intramolecular Hbond substituents is 1. The molecular formula is C13H15Cl2FN2O2. The monoisotopic (exact) mass is 320 g/mol. The number of benzene rings is 1. The van der Waals surface area contributed by atoms with Gasteiger partial charge in [-0.05, 0) is 26.0 Å². The second-order valence-electron chi connectivity index (χ2n) is 3.86. The lowest BCUT2D eigenvalue weighted by atomic mass is 10.0. The number of likely N-dealkylation sites (N-methyl/N-ethyl adjacent to an activating group) is 1. The number of nitrogens with one attached hydrogen (secondary N) is 2. The van der Waals surface area contributed by atoms with Gasteiger partial charge in [0.1, 0.15) is 11.3 Å². The molecule has 0 heterocycles. The summed E-state index contributed by atoms with van der Waals surface area (Å²) in [6.45, 7) is 4.03. The van der Waals surface area contributed by atoms with Crippen LogP contribution in [-0.4, -0.2) is 24.1 Å². The fourth-order valence-electron chi connectivity index (χ4n) is 1.56. The molecular weight excluding hydrogens is 306 g/mol. The fraction of sp³-hybridized carbons (Fsp3) is 0.308. The number of hydrogen-bond donors (Lipinski definition) is 3. The number of amides is 1. The number of carbonyl (C=O) groups is 1. The summed E-state index contributed by atoms with van der Waals surface area (Å²) in [5.41, 5.74) is -0.205. The standard InChI is InChI=1S/C13H15Cl2FN2O2/c1-3-17-12(16)11(13(20)18-4-2)7-5-10(19)9(15)6-8(7)14/h5-6,17,19H,3-4H2,1-2H3,(H,18,20)/b12-11-. The van der Waals surface area contributed by atoms with E-state index in [0.717, 1.165) is 6.07 Å². The van der Waals surface area contributed by atoms with Crippen molar-refractivity contribution in [3.8, 4) is 5.75 Å². The quantitative estimate of drug-likeness (QED) is 0.577. The number of carbonyl (C=O) groups excluding carboxylic acids is 1. The van der Waals surface area contributed by atoms with E-state index in [1.54, 1.807) is 13.8 Å². The first-order chi connectivity index (χ1) is 9.42. The van der Waals surface area contributed by atoms with E-state index >= 15 is 0 Å². The van der Waals surface area contributed by atoms with E-state index in [4.69, 9.17) is 23.2 Å². The topological polar surface area (TPSA) is 61.4 Å². The fourth-order valence-corrected chi connectivity index (χ4v) is 2.04. The first kappa shape index (κ1) is 16.6. The Kier molecular flexibility index (Phi) is 6.10. The predicted molar refractivity (Wildman–Crippen MR) is 78.5 cm³/mol. The molecule has 0 aliphatic heterocycles. The Balaban J connectivity index is 3.42. The average Bonchev–Trinajstić information content (AvgIpc) is 2.36. The predicted octanol–water partition coefficient (Wildman–Crippen LogP) is 3.08. The van der Waals surface area contributed by atoms with Crippen molar-refractivity contribution >= 4 is 34.7 Å². The van der Waals surface area contributed by atoms with Gasteiger partial charge in [-0.1, -0.05) is 23.2 Å². The number of aromatic hydroxyl groups is 1. The maximum Gasteiger partial charge on any atom is 0.256 e. The molecule has 0 spiro atoms. The van der Waals surface area contributed by atoms with Crippen LogP contribution in [0.5, 0.6) is 5.75 Å². The minimum absolute atomic E-state index is 0.0258. The number of hydrogen-bond acceptors (Lipinski definition) is 3. The highest BCUT2D eigenvalue weighted by molar-refractivity contribution is 6.38. The van der Waals surface area contributed by atoms with Gasteiger partial charge in [-0.15, -0.1) is 0 Å². The average molecular weight is 321 g/mol. The third-order valence-corrected chi connectivity index (χ3v) is 3.04. The first-order valence-electron chi connectivity index (χ1n) is 6.02. The molecule has 0 radical (unpaired) electrons. The lowest BCUT2D eigenvalue weighted by Gasteiger charge is -2.13. The summed E-state index contributed by atoms with van der Waals surface area (Å²) in [4.78, 5) is 12.0. The Morgan fingerprint density at radius 3 is 2.35 bits per heavy atom. The molecule has 0 unspecified atom stereocenters. The molecule has 0 bridgehead atoms. The maximum atomic E-state index is 14.1. The Labute approximate surface area is 126 Å². The lowest BCUT2D eigenvalue weighted by Crippen LogP contribution is -2.26. The van der Waals surface area contributed by atoms with Crippen LogP contribution in [0.25, 0.3) is 5.57 Å². The molecule has 0 fully saturated rings. The van der Waals surface area contributed by atoms with Crippen LogP contribution in [0.2, 0.25) is 10.0 Å². The minimum atomic E-state index is -0.818. The van der Waals surface area contributed by atoms with E-state index < -0.39 is 11.9 Å². The molecule has 1 rings (SSSR count). The van der Waals surface area contributed by atoms with Crippen LogP contribution in [0.15, 0.2) is 18.1 Å². The smallest absolute Gasteiger partial charge is 0.256 e. The molecule has 1 aromatic carbocycles. The van der Waals surface area contributed by atoms with Gasteiger partial charge in [0.15, 0.2) is 0 Å². The van der Waals surface area contributed by atoms with Crippen molar-refractivity contribution in [2.45, 2.75) is 13.8 Å². The van der Waals surface area contributed by atoms with E-state index in [2.05, 4.69) is 10.6 Å². The Hall–Kier alpha value is -1.46. The summed E-state index contributed by atoms with van der Waals surface area (Å²) in [6, 6.07) is 2.42. The van der Waals surface area contributed by atoms with Gasteiger partial charge in [-0.25, -0.2) is 0 Å². The van der Waals surface area contributed by atoms with E-state index in [1.807, 2.05) is 0 Å². The Morgan fingerprint density at radius 1 is 1.20 bits per heavy atom. The third-order valence-electron chi connectivity index (χ3n) is 2.42. The van der Waals surface area contributed by atoms with Gasteiger partial charge in [0.2, 0.25) is 5.95 Å². The summed E-state index contributed by atoms with van der Waals surface area (Å²) in [6.07, 6.45) is 0. The summed E-state index contributed by atoms with van der Waals surface area (Å²) in [5, 5.41) is 14.6. The van der Waals surface area contributed by atoms with Gasteiger partial charge in [0, 0.05) is 18.7 Å². The molecule has 0 aliphatic carbocycles. The molecule has 0 atom stereocenters. The molecule has 20 heavy (non-hydrogen) atoms. The van der Waals surface area contributed by atoms with Gasteiger partial charge < -0.3 is 15.7 Å². The second kappa shape index (κ2) is 7.36. The maximum absolute atomic E-state index is 14.1. The van der Waals surface area contributed by atoms with Crippen molar-refractivity contribution in [2.75, 3.05) is 13.1 Å². The van der Waals surface area contributed by atoms with Gasteiger partial charge in [-0.2, -0.15) is 4.39 Å². The Bertz CT molecular complexity index is 547. The number of phenols is 1. The Morgan fingerprint density at radius 2 is 1.80 bits per heavy atom. The molecule has 1 aromatic rings. The van der Waals surface area contributed by atoms with Crippen LogP contribution in [0.4, 0.5) is 4.39 Å². The zero-order valence-electron chi connectivity index (χ0n) is 11.1. The molecule has 0 aliphatic rings. The van der Waals surface area contributed by atoms with Crippen LogP contribution in [0.1, 0.15) is 19.4 Å². The number of halogens is 3. The van der Waals surface area contributed by atoms with Crippen molar-refractivity contribution in [3.05, 3.63) is 33.7 Å². The normalized spacial score (nSPS) is 11.8. The molecule has 1 amide bonds. The van der Waals surface area contributed by atoms with Gasteiger partial charge in [0.25, 0.3) is 5.91 Å². The van der Waals surface area contributed by atoms with Gasteiger partial charge >= 0.3 is 0 Å². The SMILES string of the molecule is CCNC(=O)/C(=C(/F)NCC)c1cc(O)c(Cl)cc1Cl. The van der Waals surface area contributed by atoms with Gasteiger partial charge in [-0.3, -0.25) is 4.79 Å². The van der Waals surface area contributed by atoms with E-state index in [-0.39, 0.29) is 26.9 Å². The van der Waals surface area contributed by atoms with Crippen LogP contribution in [0.3, 0.4) is 0 Å². The molecule has 3 N–H and O–H groups in total. The zero-order chi connectivity index (χ0) is 15.3. The first-order valence-corrected chi connectivity index (χ1v) is 6.78. The third kappa shape index (κ3) is 3.77. The molecule has 0 saturated heterocycles. The van der Waals surface area contributed by atoms with Crippen LogP contribution >= 0.6 is 23.2 Å². The summed E-state index contributed by atoms with van der Waals surface area (Å²) in [5.74, 6) is -1.73. The molecule has 110 valence electrons. The summed E-state index contributed by atoms with van der Waals surface area (Å²) < 4.78 is 14.1. The highest BCUT2D eigenvalue weighted by Crippen LogP contribution is 2.34. The molecule has 7 heteroatoms. The van der Waals surface area contributed by atoms with Crippen LogP contribution in [0, 0.1) is 0 Å². The van der Waals surface area contributed by atoms with E-state index in [0.29, 0.717) is 13.1 Å². The molecule has 0 saturated carbocycles. The van der Waals surface area contributed by atoms with Crippen molar-refractivity contribution in [1.82, 2.24) is 10.6 Å².